The minimum Gasteiger partial charge on any atom is -0.488 e. The zero-order valence-corrected chi connectivity index (χ0v) is 16.3. The van der Waals surface area contributed by atoms with Crippen molar-refractivity contribution in [1.82, 2.24) is 20.3 Å². The van der Waals surface area contributed by atoms with E-state index in [9.17, 15) is 4.79 Å². The van der Waals surface area contributed by atoms with Crippen molar-refractivity contribution in [2.45, 2.75) is 40.8 Å². The Balaban J connectivity index is 1.72. The second-order valence-electron chi connectivity index (χ2n) is 6.64. The van der Waals surface area contributed by atoms with Crippen LogP contribution < -0.4 is 10.1 Å². The molecule has 0 aliphatic carbocycles. The maximum Gasteiger partial charge on any atom is 0.274 e. The highest BCUT2D eigenvalue weighted by Crippen LogP contribution is 2.25. The topological polar surface area (TPSA) is 82.2 Å². The minimum absolute atomic E-state index is 0.218. The van der Waals surface area contributed by atoms with E-state index in [0.717, 1.165) is 28.1 Å². The number of nitrogens with one attached hydrogen (secondary N) is 1. The van der Waals surface area contributed by atoms with Gasteiger partial charge in [0.15, 0.2) is 5.69 Å². The molecule has 3 aromatic rings. The summed E-state index contributed by atoms with van der Waals surface area (Å²) in [6.07, 6.45) is 1.74. The van der Waals surface area contributed by atoms with Crippen LogP contribution in [0.1, 0.15) is 44.2 Å². The van der Waals surface area contributed by atoms with Gasteiger partial charge in [-0.1, -0.05) is 23.4 Å². The third kappa shape index (κ3) is 3.86. The van der Waals surface area contributed by atoms with Gasteiger partial charge in [-0.25, -0.2) is 0 Å². The smallest absolute Gasteiger partial charge is 0.274 e. The molecule has 0 atom stereocenters. The van der Waals surface area contributed by atoms with Crippen LogP contribution in [0.2, 0.25) is 0 Å². The molecule has 7 heteroatoms. The van der Waals surface area contributed by atoms with Crippen molar-refractivity contribution < 1.29 is 14.1 Å². The lowest BCUT2D eigenvalue weighted by molar-refractivity contribution is 0.0939. The van der Waals surface area contributed by atoms with Crippen molar-refractivity contribution in [3.05, 3.63) is 63.8 Å². The molecule has 0 radical (unpaired) electrons. The van der Waals surface area contributed by atoms with Crippen LogP contribution in [0.5, 0.6) is 5.75 Å². The van der Waals surface area contributed by atoms with Gasteiger partial charge in [-0.15, -0.1) is 0 Å². The van der Waals surface area contributed by atoms with E-state index in [2.05, 4.69) is 15.6 Å². The molecule has 3 rings (SSSR count). The largest absolute Gasteiger partial charge is 0.488 e. The number of carbonyl (C=O) groups is 1. The number of benzene rings is 1. The van der Waals surface area contributed by atoms with Gasteiger partial charge in [0, 0.05) is 24.8 Å². The average molecular weight is 368 g/mol. The Morgan fingerprint density at radius 2 is 1.93 bits per heavy atom. The lowest BCUT2D eigenvalue weighted by Gasteiger charge is -2.12. The van der Waals surface area contributed by atoms with Crippen molar-refractivity contribution in [1.29, 1.82) is 0 Å². The number of rotatable bonds is 6. The van der Waals surface area contributed by atoms with E-state index in [1.807, 2.05) is 46.0 Å². The van der Waals surface area contributed by atoms with Crippen molar-refractivity contribution in [2.75, 3.05) is 0 Å². The molecule has 1 aromatic carbocycles. The SMILES string of the molecule is Cc1cccc(C)c1OCc1c(C(=O)NCc2cnn(C)c2C)noc1C. The van der Waals surface area contributed by atoms with Gasteiger partial charge < -0.3 is 14.6 Å². The van der Waals surface area contributed by atoms with Crippen LogP contribution in [0.4, 0.5) is 0 Å². The fraction of sp³-hybridized carbons (Fsp3) is 0.350. The second kappa shape index (κ2) is 7.65. The molecule has 0 saturated carbocycles. The van der Waals surface area contributed by atoms with E-state index in [-0.39, 0.29) is 18.2 Å². The molecule has 0 unspecified atom stereocenters. The van der Waals surface area contributed by atoms with Gasteiger partial charge in [-0.2, -0.15) is 5.10 Å². The number of ether oxygens (including phenoxy) is 1. The van der Waals surface area contributed by atoms with E-state index in [1.165, 1.54) is 0 Å². The molecule has 7 nitrogen and oxygen atoms in total. The number of amides is 1. The van der Waals surface area contributed by atoms with Gasteiger partial charge in [-0.05, 0) is 38.8 Å². The highest BCUT2D eigenvalue weighted by molar-refractivity contribution is 5.93. The van der Waals surface area contributed by atoms with Gasteiger partial charge in [0.1, 0.15) is 18.1 Å². The number of carbonyl (C=O) groups excluding carboxylic acids is 1. The second-order valence-corrected chi connectivity index (χ2v) is 6.64. The Bertz CT molecular complexity index is 952. The molecule has 0 fully saturated rings. The van der Waals surface area contributed by atoms with Crippen molar-refractivity contribution in [3.63, 3.8) is 0 Å². The molecule has 0 saturated heterocycles. The summed E-state index contributed by atoms with van der Waals surface area (Å²) in [5.41, 5.74) is 4.95. The molecular formula is C20H24N4O3. The number of aromatic nitrogens is 3. The fourth-order valence-electron chi connectivity index (χ4n) is 2.89. The van der Waals surface area contributed by atoms with Crippen LogP contribution in [0.15, 0.2) is 28.9 Å². The number of hydrogen-bond acceptors (Lipinski definition) is 5. The van der Waals surface area contributed by atoms with Gasteiger partial charge in [-0.3, -0.25) is 9.48 Å². The quantitative estimate of drug-likeness (QED) is 0.723. The molecular weight excluding hydrogens is 344 g/mol. The molecule has 1 N–H and O–H groups in total. The van der Waals surface area contributed by atoms with E-state index in [0.29, 0.717) is 17.9 Å². The first-order chi connectivity index (χ1) is 12.9. The highest BCUT2D eigenvalue weighted by atomic mass is 16.5. The maximum absolute atomic E-state index is 12.6. The third-order valence-electron chi connectivity index (χ3n) is 4.75. The molecule has 0 bridgehead atoms. The van der Waals surface area contributed by atoms with Crippen LogP contribution in [-0.4, -0.2) is 20.8 Å². The first-order valence-electron chi connectivity index (χ1n) is 8.78. The number of aryl methyl sites for hydroxylation is 4. The summed E-state index contributed by atoms with van der Waals surface area (Å²) in [5, 5.41) is 11.0. The van der Waals surface area contributed by atoms with Crippen LogP contribution in [0, 0.1) is 27.7 Å². The van der Waals surface area contributed by atoms with E-state index in [1.54, 1.807) is 17.8 Å². The molecule has 142 valence electrons. The standard InChI is InChI=1S/C20H24N4O3/c1-12-7-6-8-13(2)19(12)26-11-17-15(4)27-23-18(17)20(25)21-9-16-10-22-24(5)14(16)3/h6-8,10H,9,11H2,1-5H3,(H,21,25). The number of nitrogens with zero attached hydrogens (tertiary/aromatic N) is 3. The Labute approximate surface area is 158 Å². The fourth-order valence-corrected chi connectivity index (χ4v) is 2.89. The van der Waals surface area contributed by atoms with Crippen LogP contribution >= 0.6 is 0 Å². The summed E-state index contributed by atoms with van der Waals surface area (Å²) in [4.78, 5) is 12.6. The third-order valence-corrected chi connectivity index (χ3v) is 4.75. The van der Waals surface area contributed by atoms with E-state index < -0.39 is 0 Å². The summed E-state index contributed by atoms with van der Waals surface area (Å²) in [6.45, 7) is 8.31. The number of para-hydroxylation sites is 1. The number of hydrogen-bond donors (Lipinski definition) is 1. The van der Waals surface area contributed by atoms with Crippen LogP contribution in [0.3, 0.4) is 0 Å². The lowest BCUT2D eigenvalue weighted by Crippen LogP contribution is -2.25. The first kappa shape index (κ1) is 18.7. The first-order valence-corrected chi connectivity index (χ1v) is 8.78. The predicted molar refractivity (Wildman–Crippen MR) is 101 cm³/mol. The summed E-state index contributed by atoms with van der Waals surface area (Å²) >= 11 is 0. The van der Waals surface area contributed by atoms with Gasteiger partial charge in [0.05, 0.1) is 11.8 Å². The maximum atomic E-state index is 12.6. The Kier molecular flexibility index (Phi) is 5.30. The average Bonchev–Trinajstić information content (AvgIpc) is 3.16. The van der Waals surface area contributed by atoms with Crippen molar-refractivity contribution >= 4 is 5.91 Å². The molecule has 2 heterocycles. The minimum atomic E-state index is -0.296. The molecule has 0 spiro atoms. The normalized spacial score (nSPS) is 10.9. The van der Waals surface area contributed by atoms with Crippen molar-refractivity contribution in [3.8, 4) is 5.75 Å². The Morgan fingerprint density at radius 3 is 2.56 bits per heavy atom. The molecule has 0 aliphatic heterocycles. The van der Waals surface area contributed by atoms with Gasteiger partial charge in [0.2, 0.25) is 0 Å². The predicted octanol–water partition coefficient (Wildman–Crippen LogP) is 3.15. The van der Waals surface area contributed by atoms with Crippen LogP contribution in [0.25, 0.3) is 0 Å². The van der Waals surface area contributed by atoms with Gasteiger partial charge in [0.25, 0.3) is 5.91 Å². The highest BCUT2D eigenvalue weighted by Gasteiger charge is 2.21. The zero-order valence-electron chi connectivity index (χ0n) is 16.3. The zero-order chi connectivity index (χ0) is 19.6. The summed E-state index contributed by atoms with van der Waals surface area (Å²) in [5.74, 6) is 1.09. The van der Waals surface area contributed by atoms with E-state index in [4.69, 9.17) is 9.26 Å². The Hall–Kier alpha value is -3.09. The molecule has 27 heavy (non-hydrogen) atoms. The summed E-state index contributed by atoms with van der Waals surface area (Å²) in [6, 6.07) is 5.97. The Morgan fingerprint density at radius 1 is 1.22 bits per heavy atom. The molecule has 1 amide bonds. The van der Waals surface area contributed by atoms with Gasteiger partial charge >= 0.3 is 0 Å². The molecule has 2 aromatic heterocycles. The molecule has 0 aliphatic rings. The summed E-state index contributed by atoms with van der Waals surface area (Å²) in [7, 11) is 1.87. The van der Waals surface area contributed by atoms with Crippen molar-refractivity contribution in [2.24, 2.45) is 7.05 Å². The van der Waals surface area contributed by atoms with Crippen LogP contribution in [-0.2, 0) is 20.2 Å². The van der Waals surface area contributed by atoms with E-state index >= 15 is 0 Å². The monoisotopic (exact) mass is 368 g/mol. The summed E-state index contributed by atoms with van der Waals surface area (Å²) < 4.78 is 13.0. The lowest BCUT2D eigenvalue weighted by atomic mass is 10.1.